The lowest BCUT2D eigenvalue weighted by Gasteiger charge is -2.38. The molecule has 1 amide bonds. The van der Waals surface area contributed by atoms with E-state index in [1.807, 2.05) is 11.3 Å². The van der Waals surface area contributed by atoms with Gasteiger partial charge in [-0.3, -0.25) is 9.69 Å². The topological polar surface area (TPSA) is 107 Å². The summed E-state index contributed by atoms with van der Waals surface area (Å²) in [5.41, 5.74) is 2.13. The Kier molecular flexibility index (Phi) is 8.19. The Morgan fingerprint density at radius 3 is 2.34 bits per heavy atom. The number of nitrogens with one attached hydrogen (secondary N) is 1. The van der Waals surface area contributed by atoms with E-state index < -0.39 is 11.9 Å². The molecule has 0 fully saturated rings. The van der Waals surface area contributed by atoms with Gasteiger partial charge in [0.2, 0.25) is 0 Å². The van der Waals surface area contributed by atoms with Gasteiger partial charge in [-0.2, -0.15) is 0 Å². The number of fused-ring (bicyclic) bond motifs is 1. The summed E-state index contributed by atoms with van der Waals surface area (Å²) < 4.78 is 0. The number of benzene rings is 1. The van der Waals surface area contributed by atoms with Crippen LogP contribution in [0.25, 0.3) is 0 Å². The number of amides is 1. The molecule has 0 saturated carbocycles. The highest BCUT2D eigenvalue weighted by Crippen LogP contribution is 2.35. The van der Waals surface area contributed by atoms with Gasteiger partial charge in [-0.05, 0) is 61.5 Å². The van der Waals surface area contributed by atoms with Gasteiger partial charge < -0.3 is 15.5 Å². The molecule has 2 atom stereocenters. The van der Waals surface area contributed by atoms with Crippen molar-refractivity contribution >= 4 is 40.8 Å². The second-order valence-corrected chi connectivity index (χ2v) is 8.03. The maximum Gasteiger partial charge on any atom is 0.414 e. The molecule has 1 aliphatic rings. The Labute approximate surface area is 177 Å². The first-order valence-corrected chi connectivity index (χ1v) is 10.3. The largest absolute Gasteiger partial charge is 0.473 e. The van der Waals surface area contributed by atoms with Gasteiger partial charge in [0.15, 0.2) is 0 Å². The number of carbonyl (C=O) groups is 3. The molecule has 0 aliphatic carbocycles. The molecular formula is C20H23ClN2O5S. The molecule has 1 aromatic carbocycles. The Morgan fingerprint density at radius 2 is 1.76 bits per heavy atom. The van der Waals surface area contributed by atoms with Crippen molar-refractivity contribution in [1.82, 2.24) is 10.2 Å². The first-order chi connectivity index (χ1) is 13.7. The summed E-state index contributed by atoms with van der Waals surface area (Å²) in [6, 6.07) is 10.1. The Morgan fingerprint density at radius 1 is 1.14 bits per heavy atom. The van der Waals surface area contributed by atoms with E-state index in [2.05, 4.69) is 35.5 Å². The zero-order valence-electron chi connectivity index (χ0n) is 16.1. The van der Waals surface area contributed by atoms with Crippen LogP contribution in [-0.4, -0.2) is 52.1 Å². The van der Waals surface area contributed by atoms with Crippen LogP contribution in [-0.2, 0) is 16.0 Å². The van der Waals surface area contributed by atoms with Crippen molar-refractivity contribution in [2.45, 2.75) is 32.4 Å². The normalized spacial score (nSPS) is 18.2. The third-order valence-corrected chi connectivity index (χ3v) is 6.07. The molecule has 29 heavy (non-hydrogen) atoms. The number of rotatable bonds is 4. The van der Waals surface area contributed by atoms with Crippen molar-refractivity contribution in [2.24, 2.45) is 0 Å². The minimum absolute atomic E-state index is 0.0456. The molecule has 7 nitrogen and oxygen atoms in total. The van der Waals surface area contributed by atoms with Gasteiger partial charge in [0, 0.05) is 40.6 Å². The van der Waals surface area contributed by atoms with Crippen LogP contribution in [0.15, 0.2) is 35.7 Å². The third-order valence-electron chi connectivity index (χ3n) is 4.68. The fraction of sp³-hybridized carbons (Fsp3) is 0.350. The molecule has 2 heterocycles. The maximum atomic E-state index is 12.1. The summed E-state index contributed by atoms with van der Waals surface area (Å²) in [4.78, 5) is 34.3. The van der Waals surface area contributed by atoms with Gasteiger partial charge in [-0.1, -0.05) is 11.6 Å². The van der Waals surface area contributed by atoms with Crippen LogP contribution in [0.2, 0.25) is 5.02 Å². The minimum atomic E-state index is -1.82. The van der Waals surface area contributed by atoms with Gasteiger partial charge in [0.1, 0.15) is 0 Å². The van der Waals surface area contributed by atoms with Crippen LogP contribution in [0, 0.1) is 0 Å². The quantitative estimate of drug-likeness (QED) is 0.632. The lowest BCUT2D eigenvalue weighted by Crippen LogP contribution is -2.44. The highest BCUT2D eigenvalue weighted by molar-refractivity contribution is 7.10. The number of carbonyl (C=O) groups excluding carboxylic acids is 1. The molecule has 1 aliphatic heterocycles. The van der Waals surface area contributed by atoms with Crippen LogP contribution in [0.1, 0.15) is 40.7 Å². The lowest BCUT2D eigenvalue weighted by molar-refractivity contribution is -0.159. The summed E-state index contributed by atoms with van der Waals surface area (Å²) in [5.74, 6) is -3.69. The number of carboxylic acids is 2. The van der Waals surface area contributed by atoms with E-state index in [1.165, 1.54) is 10.4 Å². The lowest BCUT2D eigenvalue weighted by atomic mass is 9.97. The van der Waals surface area contributed by atoms with Gasteiger partial charge in [0.05, 0.1) is 0 Å². The molecule has 0 spiro atoms. The Hall–Kier alpha value is -2.42. The molecule has 0 bridgehead atoms. The van der Waals surface area contributed by atoms with E-state index in [4.69, 9.17) is 31.4 Å². The van der Waals surface area contributed by atoms with Crippen LogP contribution in [0.4, 0.5) is 0 Å². The smallest absolute Gasteiger partial charge is 0.414 e. The summed E-state index contributed by atoms with van der Waals surface area (Å²) in [6.45, 7) is 6.03. The summed E-state index contributed by atoms with van der Waals surface area (Å²) in [5, 5.41) is 20.6. The van der Waals surface area contributed by atoms with Crippen molar-refractivity contribution in [3.8, 4) is 0 Å². The van der Waals surface area contributed by atoms with Crippen LogP contribution in [0.3, 0.4) is 0 Å². The number of hydrogen-bond donors (Lipinski definition) is 3. The van der Waals surface area contributed by atoms with E-state index in [0.717, 1.165) is 13.0 Å². The van der Waals surface area contributed by atoms with Crippen molar-refractivity contribution in [3.05, 3.63) is 56.7 Å². The second kappa shape index (κ2) is 10.4. The predicted molar refractivity (Wildman–Crippen MR) is 112 cm³/mol. The zero-order chi connectivity index (χ0) is 21.6. The number of carboxylic acid groups (broad SMARTS) is 2. The molecule has 3 N–H and O–H groups in total. The Bertz CT molecular complexity index is 856. The number of hydrogen-bond acceptors (Lipinski definition) is 5. The van der Waals surface area contributed by atoms with E-state index in [1.54, 1.807) is 24.3 Å². The first-order valence-electron chi connectivity index (χ1n) is 9.02. The van der Waals surface area contributed by atoms with E-state index in [0.29, 0.717) is 29.2 Å². The summed E-state index contributed by atoms with van der Waals surface area (Å²) in [7, 11) is 0. The highest BCUT2D eigenvalue weighted by atomic mass is 35.5. The standard InChI is InChI=1S/C18H21ClN2OS.C2H2O4/c1-12-11-15-7-10-23-17(15)13(2)21(12)9-8-20-18(22)14-3-5-16(19)6-4-14;3-1(4)2(5)6/h3-7,10,12-13H,8-9,11H2,1-2H3,(H,20,22);(H,3,4)(H,5,6)/t12-,13+;/m1./s1. The second-order valence-electron chi connectivity index (χ2n) is 6.65. The van der Waals surface area contributed by atoms with E-state index >= 15 is 0 Å². The van der Waals surface area contributed by atoms with Crippen molar-refractivity contribution in [1.29, 1.82) is 0 Å². The van der Waals surface area contributed by atoms with Gasteiger partial charge >= 0.3 is 11.9 Å². The SMILES string of the molecule is C[C@@H]1Cc2ccsc2[C@H](C)N1CCNC(=O)c1ccc(Cl)cc1.O=C(O)C(=O)O. The third kappa shape index (κ3) is 6.28. The summed E-state index contributed by atoms with van der Waals surface area (Å²) in [6.07, 6.45) is 1.09. The number of aliphatic carboxylic acids is 2. The molecule has 2 aromatic rings. The number of nitrogens with zero attached hydrogens (tertiary/aromatic N) is 1. The monoisotopic (exact) mass is 438 g/mol. The summed E-state index contributed by atoms with van der Waals surface area (Å²) >= 11 is 7.68. The van der Waals surface area contributed by atoms with Crippen LogP contribution >= 0.6 is 22.9 Å². The molecule has 9 heteroatoms. The van der Waals surface area contributed by atoms with Gasteiger partial charge in [-0.15, -0.1) is 11.3 Å². The maximum absolute atomic E-state index is 12.1. The molecule has 156 valence electrons. The van der Waals surface area contributed by atoms with E-state index in [-0.39, 0.29) is 5.91 Å². The zero-order valence-corrected chi connectivity index (χ0v) is 17.7. The average molecular weight is 439 g/mol. The molecule has 0 saturated heterocycles. The molecule has 1 aromatic heterocycles. The van der Waals surface area contributed by atoms with E-state index in [9.17, 15) is 4.79 Å². The van der Waals surface area contributed by atoms with Crippen molar-refractivity contribution in [3.63, 3.8) is 0 Å². The van der Waals surface area contributed by atoms with Crippen molar-refractivity contribution < 1.29 is 24.6 Å². The van der Waals surface area contributed by atoms with Gasteiger partial charge in [0.25, 0.3) is 5.91 Å². The number of thiophene rings is 1. The molecule has 0 unspecified atom stereocenters. The highest BCUT2D eigenvalue weighted by Gasteiger charge is 2.29. The van der Waals surface area contributed by atoms with Gasteiger partial charge in [-0.25, -0.2) is 9.59 Å². The van der Waals surface area contributed by atoms with Crippen LogP contribution in [0.5, 0.6) is 0 Å². The fourth-order valence-corrected chi connectivity index (χ4v) is 4.41. The van der Waals surface area contributed by atoms with Crippen molar-refractivity contribution in [2.75, 3.05) is 13.1 Å². The number of halogens is 1. The minimum Gasteiger partial charge on any atom is -0.473 e. The van der Waals surface area contributed by atoms with Crippen LogP contribution < -0.4 is 5.32 Å². The Balaban J connectivity index is 0.000000438. The molecular weight excluding hydrogens is 416 g/mol. The molecule has 3 rings (SSSR count). The first kappa shape index (κ1) is 22.9. The average Bonchev–Trinajstić information content (AvgIpc) is 3.13. The fourth-order valence-electron chi connectivity index (χ4n) is 3.27. The predicted octanol–water partition coefficient (Wildman–Crippen LogP) is 3.29. The molecule has 0 radical (unpaired) electrons.